The molecule has 0 saturated carbocycles. The van der Waals surface area contributed by atoms with E-state index < -0.39 is 5.82 Å². The molecule has 2 aromatic rings. The van der Waals surface area contributed by atoms with Crippen molar-refractivity contribution in [3.63, 3.8) is 0 Å². The molecule has 2 atom stereocenters. The Morgan fingerprint density at radius 1 is 1.44 bits per heavy atom. The zero-order valence-electron chi connectivity index (χ0n) is 14.4. The quantitative estimate of drug-likeness (QED) is 0.822. The van der Waals surface area contributed by atoms with Crippen LogP contribution in [0, 0.1) is 12.7 Å². The molecule has 1 aliphatic rings. The summed E-state index contributed by atoms with van der Waals surface area (Å²) in [5.74, 6) is 0.417. The lowest BCUT2D eigenvalue weighted by molar-refractivity contribution is -0.132. The molecule has 3 rings (SSSR count). The van der Waals surface area contributed by atoms with Gasteiger partial charge in [0.05, 0.1) is 19.6 Å². The Bertz CT molecular complexity index is 764. The molecule has 1 aromatic carbocycles. The lowest BCUT2D eigenvalue weighted by atomic mass is 10.1. The number of carbonyl (C=O) groups is 1. The second kappa shape index (κ2) is 7.18. The first-order chi connectivity index (χ1) is 12.0. The summed E-state index contributed by atoms with van der Waals surface area (Å²) in [6, 6.07) is 4.17. The number of rotatable bonds is 5. The summed E-state index contributed by atoms with van der Waals surface area (Å²) < 4.78 is 29.4. The van der Waals surface area contributed by atoms with Gasteiger partial charge in [-0.2, -0.15) is 4.98 Å². The van der Waals surface area contributed by atoms with E-state index in [1.165, 1.54) is 19.2 Å². The summed E-state index contributed by atoms with van der Waals surface area (Å²) in [4.78, 5) is 18.6. The Morgan fingerprint density at radius 3 is 2.84 bits per heavy atom. The molecule has 1 aromatic heterocycles. The molecule has 0 N–H and O–H groups in total. The number of hydrogen-bond acceptors (Lipinski definition) is 6. The molecule has 0 unspecified atom stereocenters. The van der Waals surface area contributed by atoms with E-state index in [2.05, 4.69) is 10.1 Å². The molecule has 0 spiro atoms. The second-order valence-electron chi connectivity index (χ2n) is 5.98. The van der Waals surface area contributed by atoms with Crippen molar-refractivity contribution in [1.82, 2.24) is 15.0 Å². The summed E-state index contributed by atoms with van der Waals surface area (Å²) in [5.41, 5.74) is 0.574. The topological polar surface area (TPSA) is 77.7 Å². The highest BCUT2D eigenvalue weighted by atomic mass is 19.1. The van der Waals surface area contributed by atoms with Gasteiger partial charge in [-0.15, -0.1) is 0 Å². The third kappa shape index (κ3) is 3.63. The average Bonchev–Trinajstić information content (AvgIpc) is 3.21. The maximum absolute atomic E-state index is 13.8. The van der Waals surface area contributed by atoms with Crippen molar-refractivity contribution in [2.75, 3.05) is 20.8 Å². The number of likely N-dealkylation sites (tertiary alicyclic amines) is 1. The van der Waals surface area contributed by atoms with Crippen molar-refractivity contribution in [1.29, 1.82) is 0 Å². The predicted molar refractivity (Wildman–Crippen MR) is 85.6 cm³/mol. The minimum absolute atomic E-state index is 0.0704. The lowest BCUT2D eigenvalue weighted by Gasteiger charge is -2.21. The van der Waals surface area contributed by atoms with Crippen LogP contribution in [0.25, 0.3) is 0 Å². The SMILES string of the molecule is COc1ccc(CC(=O)N2C[C@H](OC)C[C@@H]2c2nc(C)no2)cc1F. The molecule has 8 heteroatoms. The highest BCUT2D eigenvalue weighted by Crippen LogP contribution is 2.33. The van der Waals surface area contributed by atoms with E-state index in [1.54, 1.807) is 25.0 Å². The zero-order chi connectivity index (χ0) is 18.0. The number of carbonyl (C=O) groups excluding carboxylic acids is 1. The van der Waals surface area contributed by atoms with Crippen LogP contribution in [0.3, 0.4) is 0 Å². The third-order valence-corrected chi connectivity index (χ3v) is 4.32. The zero-order valence-corrected chi connectivity index (χ0v) is 14.4. The van der Waals surface area contributed by atoms with Crippen LogP contribution in [0.5, 0.6) is 5.75 Å². The van der Waals surface area contributed by atoms with Crippen LogP contribution in [-0.2, 0) is 16.0 Å². The van der Waals surface area contributed by atoms with Crippen LogP contribution in [-0.4, -0.2) is 47.8 Å². The summed E-state index contributed by atoms with van der Waals surface area (Å²) in [7, 11) is 3.00. The van der Waals surface area contributed by atoms with Crippen LogP contribution >= 0.6 is 0 Å². The Labute approximate surface area is 144 Å². The predicted octanol–water partition coefficient (Wildman–Crippen LogP) is 2.06. The molecular weight excluding hydrogens is 329 g/mol. The van der Waals surface area contributed by atoms with E-state index in [0.29, 0.717) is 30.2 Å². The van der Waals surface area contributed by atoms with Gasteiger partial charge in [0.25, 0.3) is 0 Å². The van der Waals surface area contributed by atoms with Crippen molar-refractivity contribution in [3.05, 3.63) is 41.3 Å². The molecular formula is C17H20FN3O4. The molecule has 1 fully saturated rings. The van der Waals surface area contributed by atoms with Gasteiger partial charge in [-0.1, -0.05) is 11.2 Å². The number of hydrogen-bond donors (Lipinski definition) is 0. The van der Waals surface area contributed by atoms with E-state index in [0.717, 1.165) is 0 Å². The molecule has 0 bridgehead atoms. The summed E-state index contributed by atoms with van der Waals surface area (Å²) in [5, 5.41) is 3.79. The number of aryl methyl sites for hydroxylation is 1. The van der Waals surface area contributed by atoms with E-state index in [1.807, 2.05) is 0 Å². The van der Waals surface area contributed by atoms with Gasteiger partial charge in [-0.25, -0.2) is 4.39 Å². The number of benzene rings is 1. The highest BCUT2D eigenvalue weighted by molar-refractivity contribution is 5.79. The Morgan fingerprint density at radius 2 is 2.24 bits per heavy atom. The first-order valence-electron chi connectivity index (χ1n) is 7.96. The van der Waals surface area contributed by atoms with E-state index in [9.17, 15) is 9.18 Å². The van der Waals surface area contributed by atoms with Gasteiger partial charge in [0.15, 0.2) is 17.4 Å². The standard InChI is InChI=1S/C17H20FN3O4/c1-10-19-17(25-20-10)14-8-12(23-2)9-21(14)16(22)7-11-4-5-15(24-3)13(18)6-11/h4-6,12,14H,7-9H2,1-3H3/t12-,14-/m1/s1. The maximum Gasteiger partial charge on any atom is 0.249 e. The number of methoxy groups -OCH3 is 2. The molecule has 134 valence electrons. The number of aromatic nitrogens is 2. The molecule has 0 aliphatic carbocycles. The molecule has 1 aliphatic heterocycles. The van der Waals surface area contributed by atoms with Crippen molar-refractivity contribution >= 4 is 5.91 Å². The smallest absolute Gasteiger partial charge is 0.249 e. The van der Waals surface area contributed by atoms with Crippen LogP contribution in [0.15, 0.2) is 22.7 Å². The molecule has 1 saturated heterocycles. The molecule has 0 radical (unpaired) electrons. The summed E-state index contributed by atoms with van der Waals surface area (Å²) in [6.07, 6.45) is 0.552. The van der Waals surface area contributed by atoms with Gasteiger partial charge in [0.2, 0.25) is 11.8 Å². The first kappa shape index (κ1) is 17.3. The van der Waals surface area contributed by atoms with Crippen molar-refractivity contribution in [2.24, 2.45) is 0 Å². The van der Waals surface area contributed by atoms with E-state index in [-0.39, 0.29) is 30.2 Å². The van der Waals surface area contributed by atoms with Gasteiger partial charge in [-0.05, 0) is 24.6 Å². The fraction of sp³-hybridized carbons (Fsp3) is 0.471. The first-order valence-corrected chi connectivity index (χ1v) is 7.96. The van der Waals surface area contributed by atoms with Crippen LogP contribution in [0.4, 0.5) is 4.39 Å². The summed E-state index contributed by atoms with van der Waals surface area (Å²) >= 11 is 0. The van der Waals surface area contributed by atoms with E-state index in [4.69, 9.17) is 14.0 Å². The van der Waals surface area contributed by atoms with Crippen LogP contribution in [0.2, 0.25) is 0 Å². The van der Waals surface area contributed by atoms with E-state index >= 15 is 0 Å². The summed E-state index contributed by atoms with van der Waals surface area (Å²) in [6.45, 7) is 2.15. The Kier molecular flexibility index (Phi) is 4.98. The fourth-order valence-corrected chi connectivity index (χ4v) is 3.02. The largest absolute Gasteiger partial charge is 0.494 e. The van der Waals surface area contributed by atoms with Gasteiger partial charge < -0.3 is 18.9 Å². The highest BCUT2D eigenvalue weighted by Gasteiger charge is 2.39. The molecule has 1 amide bonds. The Hall–Kier alpha value is -2.48. The van der Waals surface area contributed by atoms with Crippen LogP contribution < -0.4 is 4.74 Å². The third-order valence-electron chi connectivity index (χ3n) is 4.32. The maximum atomic E-state index is 13.8. The lowest BCUT2D eigenvalue weighted by Crippen LogP contribution is -2.33. The second-order valence-corrected chi connectivity index (χ2v) is 5.98. The number of halogens is 1. The fourth-order valence-electron chi connectivity index (χ4n) is 3.02. The Balaban J connectivity index is 1.78. The number of ether oxygens (including phenoxy) is 2. The monoisotopic (exact) mass is 349 g/mol. The van der Waals surface area contributed by atoms with Gasteiger partial charge in [0, 0.05) is 20.1 Å². The normalized spacial score (nSPS) is 20.1. The number of nitrogens with zero attached hydrogens (tertiary/aromatic N) is 3. The minimum Gasteiger partial charge on any atom is -0.494 e. The van der Waals surface area contributed by atoms with Gasteiger partial charge in [-0.3, -0.25) is 4.79 Å². The van der Waals surface area contributed by atoms with Crippen molar-refractivity contribution in [2.45, 2.75) is 31.9 Å². The molecule has 25 heavy (non-hydrogen) atoms. The molecule has 2 heterocycles. The van der Waals surface area contributed by atoms with Gasteiger partial charge >= 0.3 is 0 Å². The van der Waals surface area contributed by atoms with Crippen molar-refractivity contribution < 1.29 is 23.2 Å². The van der Waals surface area contributed by atoms with Gasteiger partial charge in [0.1, 0.15) is 6.04 Å². The average molecular weight is 349 g/mol. The number of amides is 1. The molecule has 7 nitrogen and oxygen atoms in total. The van der Waals surface area contributed by atoms with Crippen LogP contribution in [0.1, 0.15) is 29.7 Å². The minimum atomic E-state index is -0.493. The van der Waals surface area contributed by atoms with Crippen molar-refractivity contribution in [3.8, 4) is 5.75 Å².